The molecule has 0 unspecified atom stereocenters. The first-order valence-electron chi connectivity index (χ1n) is 14.5. The van der Waals surface area contributed by atoms with Gasteiger partial charge >= 0.3 is 6.09 Å². The Morgan fingerprint density at radius 1 is 1.20 bits per heavy atom. The Bertz CT molecular complexity index is 1270. The van der Waals surface area contributed by atoms with Gasteiger partial charge in [-0.3, -0.25) is 9.79 Å². The van der Waals surface area contributed by atoms with Gasteiger partial charge in [-0.25, -0.2) is 4.79 Å². The molecule has 0 fully saturated rings. The van der Waals surface area contributed by atoms with Crippen molar-refractivity contribution in [3.8, 4) is 11.5 Å². The van der Waals surface area contributed by atoms with Crippen LogP contribution in [0.5, 0.6) is 11.5 Å². The molecule has 0 aromatic heterocycles. The monoisotopic (exact) mass is 616 g/mol. The number of nitrogens with two attached hydrogens (primary N) is 1. The van der Waals surface area contributed by atoms with E-state index in [4.69, 9.17) is 19.9 Å². The number of anilines is 1. The molecular weight excluding hydrogens is 568 g/mol. The van der Waals surface area contributed by atoms with Crippen LogP contribution in [0.25, 0.3) is 0 Å². The summed E-state index contributed by atoms with van der Waals surface area (Å²) in [6, 6.07) is 1.26. The van der Waals surface area contributed by atoms with E-state index in [0.29, 0.717) is 24.1 Å². The van der Waals surface area contributed by atoms with E-state index in [1.165, 1.54) is 26.4 Å². The van der Waals surface area contributed by atoms with Gasteiger partial charge < -0.3 is 45.5 Å². The number of hydrogen-bond donors (Lipinski definition) is 5. The van der Waals surface area contributed by atoms with Gasteiger partial charge in [0.2, 0.25) is 0 Å². The van der Waals surface area contributed by atoms with E-state index in [9.17, 15) is 24.9 Å². The lowest BCUT2D eigenvalue weighted by Crippen LogP contribution is -2.37. The third-order valence-electron chi connectivity index (χ3n) is 7.47. The van der Waals surface area contributed by atoms with E-state index >= 15 is 0 Å². The molecule has 244 valence electrons. The Hall–Kier alpha value is -3.71. The SMILES string of the molecule is CO[C@H]1/C=C\C=C(/C)C(=O)Nc2cc(O)c(N=CCN(C)C)c(c2O)C[C@@H](C)C[C@H](OC)[C@H](O)[C@@H](C)C=C(C)[C@@H]1OC(N)=O. The second-order valence-electron chi connectivity index (χ2n) is 11.5. The first kappa shape index (κ1) is 36.5. The van der Waals surface area contributed by atoms with Gasteiger partial charge in [-0.15, -0.1) is 0 Å². The Balaban J connectivity index is 2.69. The van der Waals surface area contributed by atoms with Gasteiger partial charge in [-0.1, -0.05) is 38.2 Å². The number of aliphatic imine (C=N–C) groups is 1. The molecule has 1 aromatic carbocycles. The molecule has 0 aliphatic carbocycles. The zero-order valence-corrected chi connectivity index (χ0v) is 26.9. The summed E-state index contributed by atoms with van der Waals surface area (Å²) in [5, 5.41) is 36.2. The highest BCUT2D eigenvalue weighted by Crippen LogP contribution is 2.44. The van der Waals surface area contributed by atoms with Crippen molar-refractivity contribution in [3.05, 3.63) is 47.1 Å². The first-order valence-corrected chi connectivity index (χ1v) is 14.5. The number of aromatic hydroxyl groups is 2. The van der Waals surface area contributed by atoms with Crippen LogP contribution >= 0.6 is 0 Å². The maximum atomic E-state index is 13.1. The van der Waals surface area contributed by atoms with Crippen LogP contribution in [0.3, 0.4) is 0 Å². The number of nitrogens with one attached hydrogen (secondary N) is 1. The number of benzene rings is 1. The maximum absolute atomic E-state index is 13.1. The number of allylic oxidation sites excluding steroid dienone is 2. The zero-order valence-electron chi connectivity index (χ0n) is 26.9. The van der Waals surface area contributed by atoms with E-state index in [1.807, 2.05) is 32.8 Å². The lowest BCUT2D eigenvalue weighted by Gasteiger charge is -2.29. The van der Waals surface area contributed by atoms with Crippen molar-refractivity contribution in [2.75, 3.05) is 40.2 Å². The third-order valence-corrected chi connectivity index (χ3v) is 7.47. The van der Waals surface area contributed by atoms with Crippen LogP contribution in [0.4, 0.5) is 16.2 Å². The minimum Gasteiger partial charge on any atom is -0.506 e. The molecule has 1 aliphatic heterocycles. The fraction of sp³-hybridized carbons (Fsp3) is 0.531. The van der Waals surface area contributed by atoms with Crippen molar-refractivity contribution in [2.45, 2.75) is 65.0 Å². The lowest BCUT2D eigenvalue weighted by molar-refractivity contribution is -0.112. The van der Waals surface area contributed by atoms with E-state index in [1.54, 1.807) is 38.3 Å². The number of primary amides is 1. The van der Waals surface area contributed by atoms with Crippen LogP contribution in [0.1, 0.15) is 39.7 Å². The van der Waals surface area contributed by atoms with Crippen molar-refractivity contribution in [1.29, 1.82) is 0 Å². The smallest absolute Gasteiger partial charge is 0.405 e. The molecule has 12 heteroatoms. The lowest BCUT2D eigenvalue weighted by atomic mass is 9.87. The number of methoxy groups -OCH3 is 2. The quantitative estimate of drug-likeness (QED) is 0.138. The van der Waals surface area contributed by atoms with E-state index in [0.717, 1.165) is 0 Å². The topological polar surface area (TPSA) is 176 Å². The molecule has 2 bridgehead atoms. The van der Waals surface area contributed by atoms with Crippen molar-refractivity contribution in [2.24, 2.45) is 22.6 Å². The van der Waals surface area contributed by atoms with Gasteiger partial charge in [0.25, 0.3) is 5.91 Å². The number of ether oxygens (including phenoxy) is 3. The van der Waals surface area contributed by atoms with Gasteiger partial charge in [0.15, 0.2) is 6.10 Å². The molecule has 1 aliphatic rings. The summed E-state index contributed by atoms with van der Waals surface area (Å²) in [5.74, 6) is -1.53. The standard InChI is InChI=1S/C32H48N4O8/c1-18-14-22-27(34-12-13-36(5)6)24(37)17-23(29(22)39)35-31(40)19(2)10-9-11-25(42-7)30(44-32(33)41)21(4)16-20(3)28(38)26(15-18)43-8/h9-12,16-18,20,25-26,28,30,37-39H,13-15H2,1-8H3,(H2,33,41)(H,35,40)/b11-9-,19-10+,21-16?,34-12?/t18-,20+,25+,26+,28-,30+/m1/s1. The highest BCUT2D eigenvalue weighted by Gasteiger charge is 2.30. The first-order chi connectivity index (χ1) is 20.7. The average molecular weight is 617 g/mol. The number of nitrogens with zero attached hydrogens (tertiary/aromatic N) is 2. The van der Waals surface area contributed by atoms with Crippen molar-refractivity contribution < 1.29 is 39.1 Å². The summed E-state index contributed by atoms with van der Waals surface area (Å²) in [5.41, 5.74) is 6.82. The van der Waals surface area contributed by atoms with Gasteiger partial charge in [0, 0.05) is 50.1 Å². The van der Waals surface area contributed by atoms with Crippen LogP contribution < -0.4 is 11.1 Å². The van der Waals surface area contributed by atoms with Crippen molar-refractivity contribution in [3.63, 3.8) is 0 Å². The molecule has 2 rings (SSSR count). The second kappa shape index (κ2) is 17.0. The molecule has 44 heavy (non-hydrogen) atoms. The van der Waals surface area contributed by atoms with Crippen LogP contribution in [0, 0.1) is 11.8 Å². The number of aliphatic hydroxyl groups excluding tert-OH is 1. The van der Waals surface area contributed by atoms with Crippen LogP contribution in [0.2, 0.25) is 0 Å². The highest BCUT2D eigenvalue weighted by atomic mass is 16.6. The predicted octanol–water partition coefficient (Wildman–Crippen LogP) is 3.82. The van der Waals surface area contributed by atoms with Crippen LogP contribution in [-0.2, 0) is 25.4 Å². The molecular formula is C32H48N4O8. The minimum absolute atomic E-state index is 0.0253. The number of hydrogen-bond acceptors (Lipinski definition) is 10. The number of carbonyl (C=O) groups is 2. The van der Waals surface area contributed by atoms with Crippen LogP contribution in [-0.4, -0.2) is 97.7 Å². The fourth-order valence-corrected chi connectivity index (χ4v) is 5.03. The third kappa shape index (κ3) is 10.2. The Kier molecular flexibility index (Phi) is 14.1. The average Bonchev–Trinajstić information content (AvgIpc) is 2.95. The second-order valence-corrected chi connectivity index (χ2v) is 11.5. The molecule has 0 saturated heterocycles. The number of phenolic OH excluding ortho intramolecular Hbond substituents is 2. The normalized spacial score (nSPS) is 27.8. The van der Waals surface area contributed by atoms with Crippen molar-refractivity contribution >= 4 is 29.6 Å². The molecule has 2 amide bonds. The number of phenols is 2. The zero-order chi connectivity index (χ0) is 33.1. The molecule has 6 atom stereocenters. The number of fused-ring (bicyclic) bond motifs is 2. The van der Waals surface area contributed by atoms with Gasteiger partial charge in [0.1, 0.15) is 23.3 Å². The van der Waals surface area contributed by atoms with E-state index in [-0.39, 0.29) is 40.8 Å². The molecule has 6 N–H and O–H groups in total. The number of rotatable bonds is 6. The van der Waals surface area contributed by atoms with Gasteiger partial charge in [-0.2, -0.15) is 0 Å². The number of aliphatic hydroxyl groups is 1. The summed E-state index contributed by atoms with van der Waals surface area (Å²) >= 11 is 0. The Morgan fingerprint density at radius 2 is 1.89 bits per heavy atom. The van der Waals surface area contributed by atoms with E-state index < -0.39 is 42.3 Å². The number of carbonyl (C=O) groups excluding carboxylic acids is 2. The minimum atomic E-state index is -0.991. The van der Waals surface area contributed by atoms with E-state index in [2.05, 4.69) is 10.3 Å². The largest absolute Gasteiger partial charge is 0.506 e. The predicted molar refractivity (Wildman–Crippen MR) is 170 cm³/mol. The Morgan fingerprint density at radius 3 is 2.48 bits per heavy atom. The van der Waals surface area contributed by atoms with Gasteiger partial charge in [0.05, 0.1) is 17.9 Å². The molecule has 0 spiro atoms. The molecule has 0 saturated carbocycles. The summed E-state index contributed by atoms with van der Waals surface area (Å²) < 4.78 is 16.7. The summed E-state index contributed by atoms with van der Waals surface area (Å²) in [7, 11) is 6.71. The summed E-state index contributed by atoms with van der Waals surface area (Å²) in [6.45, 7) is 7.59. The van der Waals surface area contributed by atoms with Crippen molar-refractivity contribution in [1.82, 2.24) is 4.90 Å². The molecule has 1 heterocycles. The van der Waals surface area contributed by atoms with Crippen LogP contribution in [0.15, 0.2) is 46.5 Å². The number of amides is 2. The Labute approximate surface area is 259 Å². The summed E-state index contributed by atoms with van der Waals surface area (Å²) in [6.07, 6.45) is 4.57. The molecule has 12 nitrogen and oxygen atoms in total. The molecule has 1 aromatic rings. The van der Waals surface area contributed by atoms with Gasteiger partial charge in [-0.05, 0) is 52.3 Å². The highest BCUT2D eigenvalue weighted by molar-refractivity contribution is 6.04. The summed E-state index contributed by atoms with van der Waals surface area (Å²) in [4.78, 5) is 31.2. The maximum Gasteiger partial charge on any atom is 0.405 e. The fourth-order valence-electron chi connectivity index (χ4n) is 5.03. The molecule has 0 radical (unpaired) electrons.